The molecule has 1 heterocycles. The first-order chi connectivity index (χ1) is 13.6. The molecule has 0 saturated heterocycles. The van der Waals surface area contributed by atoms with Gasteiger partial charge in [0.25, 0.3) is 0 Å². The molecule has 0 aliphatic heterocycles. The Morgan fingerprint density at radius 2 is 2.29 bits per heavy atom. The van der Waals surface area contributed by atoms with Gasteiger partial charge in [-0.25, -0.2) is 4.98 Å². The maximum atomic E-state index is 12.4. The third kappa shape index (κ3) is 4.87. The number of nitrogens with one attached hydrogen (secondary N) is 1. The quantitative estimate of drug-likeness (QED) is 0.669. The van der Waals surface area contributed by atoms with Crippen LogP contribution in [0, 0.1) is 0 Å². The number of hydrogen-bond donors (Lipinski definition) is 1. The largest absolute Gasteiger partial charge is 0.493 e. The molecule has 6 nitrogen and oxygen atoms in total. The summed E-state index contributed by atoms with van der Waals surface area (Å²) < 4.78 is 13.1. The van der Waals surface area contributed by atoms with E-state index >= 15 is 0 Å². The van der Waals surface area contributed by atoms with E-state index in [4.69, 9.17) is 21.1 Å². The number of aromatic nitrogens is 2. The standard InChI is InChI=1S/C21H26ClN3O3/c1-3-11-28-21-16(22)12-15(13-19(21)27-2)7-8-20(26)24-17-5-4-6-18(17)25-10-9-23-14-25/h7-10,12-14,17-18H,3-6,11H2,1-2H3,(H,24,26)/b8-7+/t17-,18+/m1/s1. The number of nitrogens with zero attached hydrogens (tertiary/aromatic N) is 2. The van der Waals surface area contributed by atoms with Crippen LogP contribution in [0.25, 0.3) is 6.08 Å². The van der Waals surface area contributed by atoms with E-state index in [1.54, 1.807) is 31.8 Å². The van der Waals surface area contributed by atoms with Crippen LogP contribution in [0.1, 0.15) is 44.2 Å². The number of carbonyl (C=O) groups is 1. The molecule has 0 radical (unpaired) electrons. The Hall–Kier alpha value is -2.47. The van der Waals surface area contributed by atoms with Crippen molar-refractivity contribution < 1.29 is 14.3 Å². The van der Waals surface area contributed by atoms with Gasteiger partial charge in [-0.15, -0.1) is 0 Å². The van der Waals surface area contributed by atoms with Gasteiger partial charge in [0, 0.05) is 24.5 Å². The monoisotopic (exact) mass is 403 g/mol. The van der Waals surface area contributed by atoms with E-state index in [1.807, 2.05) is 19.2 Å². The molecule has 0 bridgehead atoms. The van der Waals surface area contributed by atoms with Gasteiger partial charge in [-0.05, 0) is 49.5 Å². The van der Waals surface area contributed by atoms with E-state index in [0.717, 1.165) is 31.2 Å². The highest BCUT2D eigenvalue weighted by Crippen LogP contribution is 2.37. The molecule has 1 amide bonds. The number of imidazole rings is 1. The van der Waals surface area contributed by atoms with Crippen LogP contribution < -0.4 is 14.8 Å². The van der Waals surface area contributed by atoms with Gasteiger partial charge in [0.15, 0.2) is 11.5 Å². The zero-order chi connectivity index (χ0) is 19.9. The zero-order valence-corrected chi connectivity index (χ0v) is 17.0. The Morgan fingerprint density at radius 1 is 1.43 bits per heavy atom. The van der Waals surface area contributed by atoms with Crippen molar-refractivity contribution in [3.05, 3.63) is 47.5 Å². The maximum Gasteiger partial charge on any atom is 0.244 e. The minimum absolute atomic E-state index is 0.106. The topological polar surface area (TPSA) is 65.4 Å². The molecule has 1 saturated carbocycles. The zero-order valence-electron chi connectivity index (χ0n) is 16.2. The molecule has 150 valence electrons. The van der Waals surface area contributed by atoms with Crippen LogP contribution >= 0.6 is 11.6 Å². The second kappa shape index (κ2) is 9.64. The molecular formula is C21H26ClN3O3. The molecule has 2 aromatic rings. The van der Waals surface area contributed by atoms with Crippen LogP contribution in [0.5, 0.6) is 11.5 Å². The first-order valence-corrected chi connectivity index (χ1v) is 9.96. The molecule has 2 atom stereocenters. The second-order valence-corrected chi connectivity index (χ2v) is 7.25. The summed E-state index contributed by atoms with van der Waals surface area (Å²) in [5.41, 5.74) is 0.776. The van der Waals surface area contributed by atoms with Crippen molar-refractivity contribution >= 4 is 23.6 Å². The highest BCUT2D eigenvalue weighted by molar-refractivity contribution is 6.32. The number of hydrogen-bond acceptors (Lipinski definition) is 4. The lowest BCUT2D eigenvalue weighted by Crippen LogP contribution is -2.37. The van der Waals surface area contributed by atoms with Gasteiger partial charge in [0.05, 0.1) is 31.1 Å². The van der Waals surface area contributed by atoms with Crippen LogP contribution in [0.2, 0.25) is 5.02 Å². The van der Waals surface area contributed by atoms with E-state index in [2.05, 4.69) is 14.9 Å². The van der Waals surface area contributed by atoms with Crippen molar-refractivity contribution in [2.75, 3.05) is 13.7 Å². The molecule has 1 N–H and O–H groups in total. The van der Waals surface area contributed by atoms with Crippen LogP contribution in [0.3, 0.4) is 0 Å². The number of amides is 1. The predicted molar refractivity (Wildman–Crippen MR) is 110 cm³/mol. The summed E-state index contributed by atoms with van der Waals surface area (Å²) in [6.07, 6.45) is 12.7. The van der Waals surface area contributed by atoms with Gasteiger partial charge in [0.1, 0.15) is 0 Å². The summed E-state index contributed by atoms with van der Waals surface area (Å²) in [5.74, 6) is 0.956. The van der Waals surface area contributed by atoms with Gasteiger partial charge in [-0.3, -0.25) is 4.79 Å². The number of halogens is 1. The Kier molecular flexibility index (Phi) is 6.98. The molecule has 28 heavy (non-hydrogen) atoms. The van der Waals surface area contributed by atoms with Crippen molar-refractivity contribution in [1.29, 1.82) is 0 Å². The lowest BCUT2D eigenvalue weighted by Gasteiger charge is -2.21. The lowest BCUT2D eigenvalue weighted by atomic mass is 10.1. The van der Waals surface area contributed by atoms with Crippen molar-refractivity contribution in [3.8, 4) is 11.5 Å². The Morgan fingerprint density at radius 3 is 3.00 bits per heavy atom. The fraction of sp³-hybridized carbons (Fsp3) is 0.429. The summed E-state index contributed by atoms with van der Waals surface area (Å²) in [7, 11) is 1.57. The summed E-state index contributed by atoms with van der Waals surface area (Å²) in [5, 5.41) is 3.57. The molecule has 1 aliphatic rings. The summed E-state index contributed by atoms with van der Waals surface area (Å²) in [4.78, 5) is 16.5. The number of rotatable bonds is 8. The van der Waals surface area contributed by atoms with E-state index in [-0.39, 0.29) is 18.0 Å². The summed E-state index contributed by atoms with van der Waals surface area (Å²) >= 11 is 6.33. The van der Waals surface area contributed by atoms with Crippen molar-refractivity contribution in [3.63, 3.8) is 0 Å². The normalized spacial score (nSPS) is 19.1. The number of methoxy groups -OCH3 is 1. The van der Waals surface area contributed by atoms with Gasteiger partial charge in [-0.2, -0.15) is 0 Å². The Balaban J connectivity index is 1.66. The fourth-order valence-corrected chi connectivity index (χ4v) is 3.79. The first kappa shape index (κ1) is 20.3. The van der Waals surface area contributed by atoms with Crippen LogP contribution in [-0.2, 0) is 4.79 Å². The minimum Gasteiger partial charge on any atom is -0.493 e. The third-order valence-electron chi connectivity index (χ3n) is 4.84. The van der Waals surface area contributed by atoms with Gasteiger partial charge >= 0.3 is 0 Å². The van der Waals surface area contributed by atoms with Crippen molar-refractivity contribution in [1.82, 2.24) is 14.9 Å². The Bertz CT molecular complexity index is 821. The number of ether oxygens (including phenoxy) is 2. The van der Waals surface area contributed by atoms with Crippen molar-refractivity contribution in [2.24, 2.45) is 0 Å². The lowest BCUT2D eigenvalue weighted by molar-refractivity contribution is -0.117. The van der Waals surface area contributed by atoms with Crippen LogP contribution in [-0.4, -0.2) is 35.2 Å². The molecular weight excluding hydrogens is 378 g/mol. The molecule has 1 fully saturated rings. The maximum absolute atomic E-state index is 12.4. The van der Waals surface area contributed by atoms with Crippen molar-refractivity contribution in [2.45, 2.75) is 44.7 Å². The second-order valence-electron chi connectivity index (χ2n) is 6.84. The smallest absolute Gasteiger partial charge is 0.244 e. The molecule has 1 aliphatic carbocycles. The van der Waals surface area contributed by atoms with Crippen LogP contribution in [0.4, 0.5) is 0 Å². The predicted octanol–water partition coefficient (Wildman–Crippen LogP) is 4.26. The van der Waals surface area contributed by atoms with E-state index in [1.165, 1.54) is 6.08 Å². The molecule has 7 heteroatoms. The fourth-order valence-electron chi connectivity index (χ4n) is 3.51. The first-order valence-electron chi connectivity index (χ1n) is 9.58. The summed E-state index contributed by atoms with van der Waals surface area (Å²) in [6.45, 7) is 2.59. The van der Waals surface area contributed by atoms with Gasteiger partial charge in [0.2, 0.25) is 5.91 Å². The highest BCUT2D eigenvalue weighted by atomic mass is 35.5. The van der Waals surface area contributed by atoms with E-state index in [0.29, 0.717) is 23.1 Å². The molecule has 0 spiro atoms. The SMILES string of the molecule is CCCOc1c(Cl)cc(/C=C/C(=O)N[C@@H]2CCC[C@@H]2n2ccnc2)cc1OC. The van der Waals surface area contributed by atoms with Gasteiger partial charge < -0.3 is 19.4 Å². The average molecular weight is 404 g/mol. The van der Waals surface area contributed by atoms with Crippen LogP contribution in [0.15, 0.2) is 36.9 Å². The molecule has 1 aromatic carbocycles. The molecule has 3 rings (SSSR count). The Labute approximate surface area is 170 Å². The summed E-state index contributed by atoms with van der Waals surface area (Å²) in [6, 6.07) is 3.94. The van der Waals surface area contributed by atoms with E-state index < -0.39 is 0 Å². The third-order valence-corrected chi connectivity index (χ3v) is 5.13. The average Bonchev–Trinajstić information content (AvgIpc) is 3.36. The number of carbonyl (C=O) groups excluding carboxylic acids is 1. The van der Waals surface area contributed by atoms with E-state index in [9.17, 15) is 4.79 Å². The molecule has 0 unspecified atom stereocenters. The number of benzene rings is 1. The minimum atomic E-state index is -0.126. The van der Waals surface area contributed by atoms with Gasteiger partial charge in [-0.1, -0.05) is 18.5 Å². The highest BCUT2D eigenvalue weighted by Gasteiger charge is 2.29. The molecule has 1 aromatic heterocycles.